The average molecular weight is 314 g/mol. The molecule has 1 aliphatic rings. The van der Waals surface area contributed by atoms with Crippen LogP contribution >= 0.6 is 15.9 Å². The molecule has 5 nitrogen and oxygen atoms in total. The first kappa shape index (κ1) is 13.3. The number of nitrogens with zero attached hydrogens (tertiary/aromatic N) is 1. The van der Waals surface area contributed by atoms with Gasteiger partial charge in [-0.3, -0.25) is 10.1 Å². The van der Waals surface area contributed by atoms with Gasteiger partial charge in [0.2, 0.25) is 0 Å². The molecule has 0 radical (unpaired) electrons. The highest BCUT2D eigenvalue weighted by Gasteiger charge is 2.21. The largest absolute Gasteiger partial charge is 0.377 e. The number of nitro groups is 1. The summed E-state index contributed by atoms with van der Waals surface area (Å²) in [5.41, 5.74) is 6.55. The molecule has 0 aliphatic heterocycles. The van der Waals surface area contributed by atoms with E-state index in [-0.39, 0.29) is 22.7 Å². The van der Waals surface area contributed by atoms with Gasteiger partial charge in [-0.2, -0.15) is 0 Å². The molecule has 0 aromatic heterocycles. The van der Waals surface area contributed by atoms with Gasteiger partial charge in [0.05, 0.1) is 4.92 Å². The van der Waals surface area contributed by atoms with Crippen molar-refractivity contribution in [2.75, 3.05) is 5.32 Å². The summed E-state index contributed by atoms with van der Waals surface area (Å²) in [5, 5.41) is 14.2. The Labute approximate surface area is 114 Å². The van der Waals surface area contributed by atoms with Gasteiger partial charge in [-0.15, -0.1) is 0 Å². The van der Waals surface area contributed by atoms with Gasteiger partial charge in [-0.1, -0.05) is 15.9 Å². The lowest BCUT2D eigenvalue weighted by Gasteiger charge is -2.27. The second-order valence-corrected chi connectivity index (χ2v) is 5.59. The van der Waals surface area contributed by atoms with E-state index in [4.69, 9.17) is 5.73 Å². The summed E-state index contributed by atoms with van der Waals surface area (Å²) in [4.78, 5) is 10.6. The van der Waals surface area contributed by atoms with E-state index in [0.717, 1.165) is 30.2 Å². The maximum atomic E-state index is 11.0. The van der Waals surface area contributed by atoms with E-state index >= 15 is 0 Å². The summed E-state index contributed by atoms with van der Waals surface area (Å²) >= 11 is 3.34. The van der Waals surface area contributed by atoms with Crippen molar-refractivity contribution < 1.29 is 4.92 Å². The number of nitro benzene ring substituents is 1. The summed E-state index contributed by atoms with van der Waals surface area (Å²) in [7, 11) is 0. The standard InChI is InChI=1S/C12H16BrN3O2/c13-8-1-6-12(16(17)18)11(7-8)15-10-4-2-9(14)3-5-10/h1,6-7,9-10,15H,2-5,14H2. The maximum absolute atomic E-state index is 11.0. The molecule has 0 saturated heterocycles. The summed E-state index contributed by atoms with van der Waals surface area (Å²) < 4.78 is 0.836. The SMILES string of the molecule is NC1CCC(Nc2cc(Br)ccc2[N+](=O)[O-])CC1. The Morgan fingerprint density at radius 1 is 1.33 bits per heavy atom. The Kier molecular flexibility index (Phi) is 4.19. The van der Waals surface area contributed by atoms with Gasteiger partial charge in [0.15, 0.2) is 0 Å². The van der Waals surface area contributed by atoms with E-state index in [1.54, 1.807) is 12.1 Å². The molecule has 2 rings (SSSR count). The maximum Gasteiger partial charge on any atom is 0.292 e. The number of nitrogens with two attached hydrogens (primary N) is 1. The number of halogens is 1. The molecule has 0 unspecified atom stereocenters. The van der Waals surface area contributed by atoms with Crippen molar-refractivity contribution in [1.29, 1.82) is 0 Å². The van der Waals surface area contributed by atoms with Crippen molar-refractivity contribution in [2.45, 2.75) is 37.8 Å². The summed E-state index contributed by atoms with van der Waals surface area (Å²) in [6, 6.07) is 5.51. The van der Waals surface area contributed by atoms with Crippen LogP contribution in [0.1, 0.15) is 25.7 Å². The first-order valence-electron chi connectivity index (χ1n) is 6.02. The molecule has 1 fully saturated rings. The fraction of sp³-hybridized carbons (Fsp3) is 0.500. The second kappa shape index (κ2) is 5.67. The topological polar surface area (TPSA) is 81.2 Å². The smallest absolute Gasteiger partial charge is 0.292 e. The minimum Gasteiger partial charge on any atom is -0.377 e. The Balaban J connectivity index is 2.12. The average Bonchev–Trinajstić information content (AvgIpc) is 2.32. The Bertz CT molecular complexity index is 445. The van der Waals surface area contributed by atoms with Crippen LogP contribution in [0.2, 0.25) is 0 Å². The van der Waals surface area contributed by atoms with Crippen molar-refractivity contribution >= 4 is 27.3 Å². The molecule has 1 saturated carbocycles. The number of benzene rings is 1. The molecule has 0 bridgehead atoms. The molecular formula is C12H16BrN3O2. The lowest BCUT2D eigenvalue weighted by atomic mass is 9.91. The Morgan fingerprint density at radius 3 is 2.61 bits per heavy atom. The molecule has 6 heteroatoms. The monoisotopic (exact) mass is 313 g/mol. The zero-order chi connectivity index (χ0) is 13.1. The van der Waals surface area contributed by atoms with Gasteiger partial charge in [0, 0.05) is 22.6 Å². The summed E-state index contributed by atoms with van der Waals surface area (Å²) in [6.07, 6.45) is 3.87. The first-order valence-corrected chi connectivity index (χ1v) is 6.81. The highest BCUT2D eigenvalue weighted by atomic mass is 79.9. The van der Waals surface area contributed by atoms with Crippen molar-refractivity contribution in [2.24, 2.45) is 5.73 Å². The third-order valence-corrected chi connectivity index (χ3v) is 3.78. The van der Waals surface area contributed by atoms with Gasteiger partial charge >= 0.3 is 0 Å². The number of nitrogens with one attached hydrogen (secondary N) is 1. The van der Waals surface area contributed by atoms with Crippen LogP contribution in [-0.2, 0) is 0 Å². The molecule has 1 aromatic carbocycles. The first-order chi connectivity index (χ1) is 8.56. The number of rotatable bonds is 3. The van der Waals surface area contributed by atoms with Crippen molar-refractivity contribution in [3.8, 4) is 0 Å². The van der Waals surface area contributed by atoms with Gasteiger partial charge in [0.25, 0.3) is 5.69 Å². The predicted molar refractivity (Wildman–Crippen MR) is 74.7 cm³/mol. The lowest BCUT2D eigenvalue weighted by Crippen LogP contribution is -2.32. The van der Waals surface area contributed by atoms with E-state index < -0.39 is 0 Å². The van der Waals surface area contributed by atoms with Crippen LogP contribution in [0.5, 0.6) is 0 Å². The van der Waals surface area contributed by atoms with Crippen LogP contribution < -0.4 is 11.1 Å². The number of anilines is 1. The molecule has 3 N–H and O–H groups in total. The van der Waals surface area contributed by atoms with E-state index in [1.165, 1.54) is 6.07 Å². The van der Waals surface area contributed by atoms with Crippen LogP contribution in [0, 0.1) is 10.1 Å². The molecule has 98 valence electrons. The molecule has 0 atom stereocenters. The van der Waals surface area contributed by atoms with Crippen LogP contribution in [0.15, 0.2) is 22.7 Å². The van der Waals surface area contributed by atoms with Crippen molar-refractivity contribution in [3.63, 3.8) is 0 Å². The fourth-order valence-electron chi connectivity index (χ4n) is 2.27. The zero-order valence-electron chi connectivity index (χ0n) is 9.93. The molecule has 0 heterocycles. The highest BCUT2D eigenvalue weighted by Crippen LogP contribution is 2.30. The van der Waals surface area contributed by atoms with Crippen molar-refractivity contribution in [1.82, 2.24) is 0 Å². The Hall–Kier alpha value is -1.14. The van der Waals surface area contributed by atoms with Crippen LogP contribution in [0.3, 0.4) is 0 Å². The number of hydrogen-bond acceptors (Lipinski definition) is 4. The van der Waals surface area contributed by atoms with Crippen LogP contribution in [0.25, 0.3) is 0 Å². The molecular weight excluding hydrogens is 298 g/mol. The molecule has 1 aromatic rings. The third kappa shape index (κ3) is 3.20. The zero-order valence-corrected chi connectivity index (χ0v) is 11.5. The van der Waals surface area contributed by atoms with Gasteiger partial charge in [0.1, 0.15) is 5.69 Å². The predicted octanol–water partition coefficient (Wildman–Crippen LogP) is 3.04. The Morgan fingerprint density at radius 2 is 2.00 bits per heavy atom. The van der Waals surface area contributed by atoms with E-state index in [1.807, 2.05) is 0 Å². The molecule has 18 heavy (non-hydrogen) atoms. The van der Waals surface area contributed by atoms with Gasteiger partial charge in [-0.25, -0.2) is 0 Å². The van der Waals surface area contributed by atoms with Gasteiger partial charge in [-0.05, 0) is 37.8 Å². The number of hydrogen-bond donors (Lipinski definition) is 2. The van der Waals surface area contributed by atoms with Crippen LogP contribution in [0.4, 0.5) is 11.4 Å². The van der Waals surface area contributed by atoms with E-state index in [9.17, 15) is 10.1 Å². The normalized spacial score (nSPS) is 23.7. The van der Waals surface area contributed by atoms with E-state index in [0.29, 0.717) is 5.69 Å². The van der Waals surface area contributed by atoms with E-state index in [2.05, 4.69) is 21.2 Å². The molecule has 0 amide bonds. The molecule has 0 spiro atoms. The highest BCUT2D eigenvalue weighted by molar-refractivity contribution is 9.10. The second-order valence-electron chi connectivity index (χ2n) is 4.67. The van der Waals surface area contributed by atoms with Gasteiger partial charge < -0.3 is 11.1 Å². The molecule has 1 aliphatic carbocycles. The van der Waals surface area contributed by atoms with Crippen LogP contribution in [-0.4, -0.2) is 17.0 Å². The van der Waals surface area contributed by atoms with Crippen molar-refractivity contribution in [3.05, 3.63) is 32.8 Å². The third-order valence-electron chi connectivity index (χ3n) is 3.29. The fourth-order valence-corrected chi connectivity index (χ4v) is 2.63. The summed E-state index contributed by atoms with van der Waals surface area (Å²) in [6.45, 7) is 0. The quantitative estimate of drug-likeness (QED) is 0.664. The lowest BCUT2D eigenvalue weighted by molar-refractivity contribution is -0.384. The summed E-state index contributed by atoms with van der Waals surface area (Å²) in [5.74, 6) is 0. The minimum absolute atomic E-state index is 0.119. The minimum atomic E-state index is -0.358.